The number of aromatic nitrogens is 2. The fraction of sp³-hybridized carbons (Fsp3) is 0.0909. The van der Waals surface area contributed by atoms with Crippen molar-refractivity contribution in [3.8, 4) is 0 Å². The first-order valence-corrected chi connectivity index (χ1v) is 7.71. The molecule has 0 aliphatic heterocycles. The first kappa shape index (κ1) is 15.7. The first-order valence-electron chi connectivity index (χ1n) is 5.47. The summed E-state index contributed by atoms with van der Waals surface area (Å²) in [5.41, 5.74) is 6.18. The molecule has 1 aromatic heterocycles. The van der Waals surface area contributed by atoms with E-state index in [2.05, 4.69) is 14.7 Å². The van der Waals surface area contributed by atoms with Gasteiger partial charge in [-0.1, -0.05) is 11.6 Å². The summed E-state index contributed by atoms with van der Waals surface area (Å²) in [6.45, 7) is 1.56. The van der Waals surface area contributed by atoms with E-state index < -0.39 is 20.7 Å². The zero-order chi connectivity index (χ0) is 15.8. The van der Waals surface area contributed by atoms with Crippen molar-refractivity contribution in [3.63, 3.8) is 0 Å². The fourth-order valence-electron chi connectivity index (χ4n) is 1.51. The third kappa shape index (κ3) is 3.52. The van der Waals surface area contributed by atoms with Crippen LogP contribution in [0.2, 0.25) is 10.4 Å². The number of aryl methyl sites for hydroxylation is 1. The first-order chi connectivity index (χ1) is 9.69. The Labute approximate surface area is 130 Å². The minimum Gasteiger partial charge on any atom is -0.398 e. The SMILES string of the molecule is Cc1cc(F)c(S(=O)(=O)Nc2cc(Cl)nc(Cl)n2)cc1N. The van der Waals surface area contributed by atoms with Gasteiger partial charge in [0.25, 0.3) is 10.0 Å². The van der Waals surface area contributed by atoms with Crippen molar-refractivity contribution in [2.45, 2.75) is 11.8 Å². The predicted octanol–water partition coefficient (Wildman–Crippen LogP) is 2.61. The molecule has 0 spiro atoms. The summed E-state index contributed by atoms with van der Waals surface area (Å²) < 4.78 is 40.2. The molecule has 1 aromatic carbocycles. The van der Waals surface area contributed by atoms with Crippen LogP contribution >= 0.6 is 23.2 Å². The Kier molecular flexibility index (Phi) is 4.22. The quantitative estimate of drug-likeness (QED) is 0.503. The van der Waals surface area contributed by atoms with E-state index in [1.54, 1.807) is 6.92 Å². The number of hydrogen-bond donors (Lipinski definition) is 2. The molecule has 2 rings (SSSR count). The van der Waals surface area contributed by atoms with Crippen molar-refractivity contribution in [3.05, 3.63) is 40.0 Å². The molecule has 2 aromatic rings. The zero-order valence-corrected chi connectivity index (χ0v) is 12.9. The van der Waals surface area contributed by atoms with Crippen molar-refractivity contribution in [1.82, 2.24) is 9.97 Å². The van der Waals surface area contributed by atoms with E-state index in [-0.39, 0.29) is 21.9 Å². The Morgan fingerprint density at radius 2 is 1.90 bits per heavy atom. The minimum atomic E-state index is -4.23. The number of anilines is 2. The molecule has 0 fully saturated rings. The van der Waals surface area contributed by atoms with Gasteiger partial charge in [-0.3, -0.25) is 4.72 Å². The van der Waals surface area contributed by atoms with Gasteiger partial charge in [0.1, 0.15) is 21.7 Å². The molecule has 0 saturated heterocycles. The van der Waals surface area contributed by atoms with Gasteiger partial charge in [-0.25, -0.2) is 17.8 Å². The van der Waals surface area contributed by atoms with E-state index >= 15 is 0 Å². The molecule has 0 bridgehead atoms. The van der Waals surface area contributed by atoms with Crippen LogP contribution in [-0.2, 0) is 10.0 Å². The number of halogens is 3. The van der Waals surface area contributed by atoms with Crippen molar-refractivity contribution in [2.75, 3.05) is 10.5 Å². The van der Waals surface area contributed by atoms with Crippen LogP contribution in [-0.4, -0.2) is 18.4 Å². The van der Waals surface area contributed by atoms with Gasteiger partial charge in [-0.2, -0.15) is 4.98 Å². The van der Waals surface area contributed by atoms with Crippen LogP contribution in [0.4, 0.5) is 15.9 Å². The summed E-state index contributed by atoms with van der Waals surface area (Å²) in [5, 5.41) is -0.305. The summed E-state index contributed by atoms with van der Waals surface area (Å²) >= 11 is 11.2. The lowest BCUT2D eigenvalue weighted by Gasteiger charge is -2.10. The summed E-state index contributed by atoms with van der Waals surface area (Å²) in [4.78, 5) is 6.61. The second kappa shape index (κ2) is 5.63. The normalized spacial score (nSPS) is 11.4. The molecule has 0 saturated carbocycles. The van der Waals surface area contributed by atoms with Gasteiger partial charge in [0, 0.05) is 11.8 Å². The molecular formula is C11H9Cl2FN4O2S. The Balaban J connectivity index is 2.45. The van der Waals surface area contributed by atoms with Crippen LogP contribution < -0.4 is 10.5 Å². The average molecular weight is 351 g/mol. The van der Waals surface area contributed by atoms with Crippen molar-refractivity contribution < 1.29 is 12.8 Å². The Bertz CT molecular complexity index is 794. The third-order valence-electron chi connectivity index (χ3n) is 2.52. The number of sulfonamides is 1. The lowest BCUT2D eigenvalue weighted by atomic mass is 10.2. The van der Waals surface area contributed by atoms with Crippen molar-refractivity contribution in [1.29, 1.82) is 0 Å². The van der Waals surface area contributed by atoms with E-state index in [9.17, 15) is 12.8 Å². The molecule has 3 N–H and O–H groups in total. The summed E-state index contributed by atoms with van der Waals surface area (Å²) in [5.74, 6) is -1.11. The highest BCUT2D eigenvalue weighted by Gasteiger charge is 2.21. The van der Waals surface area contributed by atoms with E-state index in [0.29, 0.717) is 5.56 Å². The molecule has 21 heavy (non-hydrogen) atoms. The molecular weight excluding hydrogens is 342 g/mol. The standard InChI is InChI=1S/C11H9Cl2FN4O2S/c1-5-2-6(14)8(3-7(5)15)21(19,20)18-10-4-9(12)16-11(13)17-10/h2-4H,15H2,1H3,(H,16,17,18). The molecule has 0 atom stereocenters. The van der Waals surface area contributed by atoms with Crippen LogP contribution in [0.1, 0.15) is 5.56 Å². The van der Waals surface area contributed by atoms with Gasteiger partial charge in [0.15, 0.2) is 0 Å². The lowest BCUT2D eigenvalue weighted by Crippen LogP contribution is -2.16. The maximum atomic E-state index is 13.8. The molecule has 0 amide bonds. The highest BCUT2D eigenvalue weighted by molar-refractivity contribution is 7.92. The van der Waals surface area contributed by atoms with Gasteiger partial charge < -0.3 is 5.73 Å². The number of benzene rings is 1. The number of nitrogens with one attached hydrogen (secondary N) is 1. The van der Waals surface area contributed by atoms with Crippen LogP contribution in [0, 0.1) is 12.7 Å². The van der Waals surface area contributed by atoms with Crippen LogP contribution in [0.3, 0.4) is 0 Å². The highest BCUT2D eigenvalue weighted by atomic mass is 35.5. The zero-order valence-electron chi connectivity index (χ0n) is 10.6. The Morgan fingerprint density at radius 3 is 2.52 bits per heavy atom. The van der Waals surface area contributed by atoms with Gasteiger partial charge in [0.2, 0.25) is 5.28 Å². The molecule has 0 unspecified atom stereocenters. The lowest BCUT2D eigenvalue weighted by molar-refractivity contribution is 0.570. The second-order valence-electron chi connectivity index (χ2n) is 4.09. The van der Waals surface area contributed by atoms with E-state index in [1.165, 1.54) is 0 Å². The third-order valence-corrected chi connectivity index (χ3v) is 4.25. The van der Waals surface area contributed by atoms with E-state index in [0.717, 1.165) is 18.2 Å². The molecule has 0 aliphatic carbocycles. The molecule has 1 heterocycles. The molecule has 0 aliphatic rings. The number of nitrogens with zero attached hydrogens (tertiary/aromatic N) is 2. The number of nitrogens with two attached hydrogens (primary N) is 1. The van der Waals surface area contributed by atoms with Crippen LogP contribution in [0.5, 0.6) is 0 Å². The summed E-state index contributed by atoms with van der Waals surface area (Å²) in [6, 6.07) is 3.20. The van der Waals surface area contributed by atoms with Gasteiger partial charge in [-0.05, 0) is 36.2 Å². The van der Waals surface area contributed by atoms with Crippen molar-refractivity contribution in [2.24, 2.45) is 0 Å². The topological polar surface area (TPSA) is 98.0 Å². The molecule has 112 valence electrons. The Morgan fingerprint density at radius 1 is 1.24 bits per heavy atom. The number of rotatable bonds is 3. The molecule has 0 radical (unpaired) electrons. The van der Waals surface area contributed by atoms with Gasteiger partial charge in [0.05, 0.1) is 0 Å². The van der Waals surface area contributed by atoms with Crippen LogP contribution in [0.25, 0.3) is 0 Å². The Hall–Kier alpha value is -1.64. The summed E-state index contributed by atoms with van der Waals surface area (Å²) in [7, 11) is -4.23. The van der Waals surface area contributed by atoms with Crippen molar-refractivity contribution >= 4 is 44.7 Å². The maximum Gasteiger partial charge on any atom is 0.266 e. The van der Waals surface area contributed by atoms with E-state index in [4.69, 9.17) is 28.9 Å². The molecule has 10 heteroatoms. The molecule has 6 nitrogen and oxygen atoms in total. The van der Waals surface area contributed by atoms with Gasteiger partial charge >= 0.3 is 0 Å². The fourth-order valence-corrected chi connectivity index (χ4v) is 3.01. The van der Waals surface area contributed by atoms with Crippen LogP contribution in [0.15, 0.2) is 23.1 Å². The van der Waals surface area contributed by atoms with E-state index in [1.807, 2.05) is 0 Å². The smallest absolute Gasteiger partial charge is 0.266 e. The average Bonchev–Trinajstić information content (AvgIpc) is 2.31. The predicted molar refractivity (Wildman–Crippen MR) is 78.4 cm³/mol. The van der Waals surface area contributed by atoms with Gasteiger partial charge in [-0.15, -0.1) is 0 Å². The maximum absolute atomic E-state index is 13.8. The largest absolute Gasteiger partial charge is 0.398 e. The monoisotopic (exact) mass is 350 g/mol. The minimum absolute atomic E-state index is 0.0587. The number of nitrogen functional groups attached to an aromatic ring is 1. The number of hydrogen-bond acceptors (Lipinski definition) is 5. The summed E-state index contributed by atoms with van der Waals surface area (Å²) in [6.07, 6.45) is 0. The second-order valence-corrected chi connectivity index (χ2v) is 6.47. The highest BCUT2D eigenvalue weighted by Crippen LogP contribution is 2.24.